The lowest BCUT2D eigenvalue weighted by atomic mass is 10.1. The molecule has 30 heteroatoms. The molecule has 121 heavy (non-hydrogen) atoms. The highest BCUT2D eigenvalue weighted by Crippen LogP contribution is 2.43. The number of esters is 2. The van der Waals surface area contributed by atoms with Crippen molar-refractivity contribution in [1.29, 1.82) is 0 Å². The van der Waals surface area contributed by atoms with Crippen LogP contribution in [0.25, 0.3) is 62.4 Å². The van der Waals surface area contributed by atoms with Crippen LogP contribution in [0, 0.1) is 17.8 Å². The summed E-state index contributed by atoms with van der Waals surface area (Å²) in [5.41, 5.74) is 10.3. The maximum atomic E-state index is 12.5. The topological polar surface area (TPSA) is 358 Å². The number of rotatable bonds is 38. The average Bonchev–Trinajstić information content (AvgIpc) is 1.66. The number of ether oxygens (including phenoxy) is 5. The number of thiophene rings is 3. The third-order valence-electron chi connectivity index (χ3n) is 19.3. The molecule has 3 N–H and O–H groups in total. The number of nitrogens with one attached hydrogen (secondary N) is 1. The van der Waals surface area contributed by atoms with Crippen molar-refractivity contribution in [3.8, 4) is 66.2 Å². The summed E-state index contributed by atoms with van der Waals surface area (Å²) in [7, 11) is 0. The van der Waals surface area contributed by atoms with Gasteiger partial charge in [-0.15, -0.1) is 34.0 Å². The highest BCUT2D eigenvalue weighted by atomic mass is 32.1. The molecule has 0 aliphatic heterocycles. The molecule has 0 unspecified atom stereocenters. The van der Waals surface area contributed by atoms with E-state index in [4.69, 9.17) is 24.1 Å². The zero-order valence-electron chi connectivity index (χ0n) is 68.1. The van der Waals surface area contributed by atoms with E-state index in [1.807, 2.05) is 111 Å². The second kappa shape index (κ2) is 43.7. The highest BCUT2D eigenvalue weighted by Gasteiger charge is 2.28. The van der Waals surface area contributed by atoms with Crippen LogP contribution in [0.2, 0.25) is 0 Å². The van der Waals surface area contributed by atoms with Gasteiger partial charge in [-0.3, -0.25) is 78.4 Å². The summed E-state index contributed by atoms with van der Waals surface area (Å²) in [4.78, 5) is 138. The number of amides is 2. The number of Topliss-reactive ketones (excluding diaryl/α,β-unsaturated/α-hetero) is 3. The van der Waals surface area contributed by atoms with E-state index in [0.29, 0.717) is 111 Å². The minimum absolute atomic E-state index is 0.235. The molecule has 0 saturated heterocycles. The zero-order valence-corrected chi connectivity index (χ0v) is 70.6. The second-order valence-electron chi connectivity index (χ2n) is 29.8. The van der Waals surface area contributed by atoms with Gasteiger partial charge in [-0.25, -0.2) is 4.79 Å². The number of aromatic nitrogens is 9. The molecular weight excluding hydrogens is 1600 g/mol. The van der Waals surface area contributed by atoms with E-state index in [-0.39, 0.29) is 35.8 Å². The van der Waals surface area contributed by atoms with Gasteiger partial charge in [-0.2, -0.15) is 0 Å². The summed E-state index contributed by atoms with van der Waals surface area (Å²) in [6.45, 7) is 11.1. The third kappa shape index (κ3) is 27.5. The molecule has 27 nitrogen and oxygen atoms in total. The first-order chi connectivity index (χ1) is 58.7. The van der Waals surface area contributed by atoms with Gasteiger partial charge in [0, 0.05) is 158 Å². The lowest BCUT2D eigenvalue weighted by Crippen LogP contribution is -2.34. The van der Waals surface area contributed by atoms with E-state index in [2.05, 4.69) is 80.0 Å². The van der Waals surface area contributed by atoms with E-state index in [1.165, 1.54) is 62.3 Å². The molecule has 0 radical (unpaired) electrons. The first-order valence-corrected chi connectivity index (χ1v) is 43.0. The van der Waals surface area contributed by atoms with Gasteiger partial charge in [0.2, 0.25) is 5.91 Å². The van der Waals surface area contributed by atoms with Crippen molar-refractivity contribution < 1.29 is 72.3 Å². The molecule has 12 aromatic heterocycles. The number of pyridine rings is 9. The van der Waals surface area contributed by atoms with Crippen molar-refractivity contribution >= 4 is 112 Å². The lowest BCUT2D eigenvalue weighted by Gasteiger charge is -2.22. The van der Waals surface area contributed by atoms with Gasteiger partial charge in [-0.1, -0.05) is 39.0 Å². The number of aliphatic carboxylic acids is 1. The maximum Gasteiger partial charge on any atom is 0.341 e. The Morgan fingerprint density at radius 3 is 1.09 bits per heavy atom. The standard InChI is InChI=1S/C31H32N4O5S.C29H30N4O4S.C27H28N4O2S.C4H6O4/c1-3-12-35(30(38)19-39-20(2)36)18-22-6-9-26(34-16-22)29-15-27-31(41-29)28(10-11-32-27)40-25-8-7-23(33-17-25)14-24(37)13-21-4-5-21;1-2-11-33(28(36)18-34)17-20-5-8-24(32-15-20)27-14-25-29(38-27)26(9-10-30-25)37-23-7-6-21(31-16-23)13-22(35)12-19-3-4-19;1-2-10-28-15-19-5-8-23(31-16-19)26-14-24-27(34-26)25(9-11-29-24)33-22-7-6-20(30-17-22)13-21(32)12-18-3-4-18;1-3(5)8-2-4(6)7/h6-11,15-17,21H,3-5,12-14,18-19H2,1-2H3;5-10,14-16,19,34H,2-4,11-13,17-18H2,1H3;5-9,11,14,16-18,28H,2-4,10,12-13,15H2,1H3;2H2,1H3,(H,6,7). The Labute approximate surface area is 712 Å². The predicted molar refractivity (Wildman–Crippen MR) is 461 cm³/mol. The molecule has 12 heterocycles. The van der Waals surface area contributed by atoms with Crippen molar-refractivity contribution in [2.45, 2.75) is 151 Å². The predicted octanol–water partition coefficient (Wildman–Crippen LogP) is 16.5. The summed E-state index contributed by atoms with van der Waals surface area (Å²) in [6.07, 6.45) is 28.5. The van der Waals surface area contributed by atoms with Gasteiger partial charge in [0.1, 0.15) is 58.5 Å². The fourth-order valence-corrected chi connectivity index (χ4v) is 15.8. The van der Waals surface area contributed by atoms with Gasteiger partial charge in [-0.05, 0) is 172 Å². The number of carbonyl (C=O) groups is 8. The summed E-state index contributed by atoms with van der Waals surface area (Å²) >= 11 is 4.69. The van der Waals surface area contributed by atoms with Crippen molar-refractivity contribution in [1.82, 2.24) is 60.0 Å². The number of ketones is 3. The van der Waals surface area contributed by atoms with Crippen LogP contribution in [-0.2, 0) is 86.7 Å². The minimum Gasteiger partial charge on any atom is -0.479 e. The molecule has 3 saturated carbocycles. The van der Waals surface area contributed by atoms with Crippen LogP contribution in [0.1, 0.15) is 145 Å². The number of aliphatic hydroxyl groups is 1. The molecule has 0 aromatic carbocycles. The van der Waals surface area contributed by atoms with Gasteiger partial charge in [0.25, 0.3) is 5.91 Å². The number of carboxylic acid groups (broad SMARTS) is 1. The average molecular weight is 1690 g/mol. The van der Waals surface area contributed by atoms with Crippen molar-refractivity contribution in [2.75, 3.05) is 39.5 Å². The smallest absolute Gasteiger partial charge is 0.341 e. The summed E-state index contributed by atoms with van der Waals surface area (Å²) in [5, 5.41) is 20.5. The van der Waals surface area contributed by atoms with Crippen molar-refractivity contribution in [3.05, 3.63) is 199 Å². The molecule has 3 fully saturated rings. The molecule has 2 amide bonds. The molecule has 3 aliphatic carbocycles. The third-order valence-corrected chi connectivity index (χ3v) is 22.8. The van der Waals surface area contributed by atoms with Crippen molar-refractivity contribution in [2.24, 2.45) is 17.8 Å². The molecule has 3 aliphatic rings. The minimum atomic E-state index is -1.14. The molecular formula is C91H96N12O15S3. The van der Waals surface area contributed by atoms with Crippen LogP contribution in [0.15, 0.2) is 165 Å². The Hall–Kier alpha value is -12.1. The molecule has 12 aromatic rings. The van der Waals surface area contributed by atoms with Gasteiger partial charge >= 0.3 is 17.9 Å². The molecule has 0 spiro atoms. The normalized spacial score (nSPS) is 12.7. The zero-order chi connectivity index (χ0) is 85.2. The number of carbonyl (C=O) groups excluding carboxylic acids is 7. The Bertz CT molecular complexity index is 5510. The van der Waals surface area contributed by atoms with Crippen LogP contribution in [0.4, 0.5) is 0 Å². The van der Waals surface area contributed by atoms with E-state index in [0.717, 1.165) is 136 Å². The van der Waals surface area contributed by atoms with Crippen LogP contribution < -0.4 is 19.5 Å². The van der Waals surface area contributed by atoms with E-state index < -0.39 is 31.1 Å². The summed E-state index contributed by atoms with van der Waals surface area (Å²) in [6, 6.07) is 34.6. The van der Waals surface area contributed by atoms with Crippen LogP contribution in [0.3, 0.4) is 0 Å². The highest BCUT2D eigenvalue weighted by molar-refractivity contribution is 7.23. The van der Waals surface area contributed by atoms with Gasteiger partial charge in [0.15, 0.2) is 13.2 Å². The number of fused-ring (bicyclic) bond motifs is 3. The van der Waals surface area contributed by atoms with Crippen molar-refractivity contribution in [3.63, 3.8) is 0 Å². The Morgan fingerprint density at radius 1 is 0.430 bits per heavy atom. The summed E-state index contributed by atoms with van der Waals surface area (Å²) in [5.74, 6) is 3.73. The fourth-order valence-electron chi connectivity index (χ4n) is 12.7. The molecule has 15 rings (SSSR count). The molecule has 0 bridgehead atoms. The molecule has 628 valence electrons. The largest absolute Gasteiger partial charge is 0.479 e. The first-order valence-electron chi connectivity index (χ1n) is 40.5. The summed E-state index contributed by atoms with van der Waals surface area (Å²) < 4.78 is 30.1. The van der Waals surface area contributed by atoms with E-state index >= 15 is 0 Å². The number of hydrogen-bond acceptors (Lipinski definition) is 27. The lowest BCUT2D eigenvalue weighted by molar-refractivity contribution is -0.153. The number of nitrogens with zero attached hydrogens (tertiary/aromatic N) is 11. The Balaban J connectivity index is 0.000000159. The van der Waals surface area contributed by atoms with Gasteiger partial charge in [0.05, 0.1) is 81.0 Å². The quantitative estimate of drug-likeness (QED) is 0.0239. The van der Waals surface area contributed by atoms with Crippen LogP contribution in [0.5, 0.6) is 34.5 Å². The van der Waals surface area contributed by atoms with E-state index in [1.54, 1.807) is 82.0 Å². The Kier molecular flexibility index (Phi) is 31.9. The van der Waals surface area contributed by atoms with E-state index in [9.17, 15) is 43.5 Å². The Morgan fingerprint density at radius 2 is 0.793 bits per heavy atom. The number of carboxylic acids is 1. The van der Waals surface area contributed by atoms with Crippen LogP contribution >= 0.6 is 34.0 Å². The SMILES string of the molecule is CC(=O)OCC(=O)O.CCCN(Cc1ccc(-c2cc3nccc(Oc4ccc(CC(=O)CC5CC5)nc4)c3s2)nc1)C(=O)CO.CCCN(Cc1ccc(-c2cc3nccc(Oc4ccc(CC(=O)CC5CC5)nc4)c3s2)nc1)C(=O)COC(C)=O.CCCNCc1ccc(-c2cc3nccc(Oc4ccc(CC(=O)CC5CC5)nc4)c3s2)nc1. The molecule has 0 atom stereocenters. The maximum absolute atomic E-state index is 12.5. The number of hydrogen-bond donors (Lipinski definition) is 3. The van der Waals surface area contributed by atoms with Gasteiger partial charge < -0.3 is 49.0 Å². The monoisotopic (exact) mass is 1690 g/mol. The first kappa shape index (κ1) is 88.2. The number of aliphatic hydroxyl groups excluding tert-OH is 1. The fraction of sp³-hybridized carbons (Fsp3) is 0.352. The second-order valence-corrected chi connectivity index (χ2v) is 33.0. The van der Waals surface area contributed by atoms with Crippen LogP contribution in [-0.4, -0.2) is 151 Å².